The van der Waals surface area contributed by atoms with Gasteiger partial charge in [-0.15, -0.1) is 0 Å². The lowest BCUT2D eigenvalue weighted by atomic mass is 10.2. The van der Waals surface area contributed by atoms with E-state index in [9.17, 15) is 27.9 Å². The van der Waals surface area contributed by atoms with Crippen LogP contribution in [-0.2, 0) is 9.59 Å². The Balaban J connectivity index is 2.13. The molecular weight excluding hydrogens is 253 g/mol. The number of rotatable bonds is 5. The van der Waals surface area contributed by atoms with Crippen LogP contribution in [0.5, 0.6) is 0 Å². The molecule has 3 N–H and O–H groups in total. The molecule has 0 heterocycles. The molecule has 1 fully saturated rings. The van der Waals surface area contributed by atoms with Crippen molar-refractivity contribution in [3.63, 3.8) is 0 Å². The van der Waals surface area contributed by atoms with E-state index in [-0.39, 0.29) is 12.5 Å². The molecule has 0 spiro atoms. The summed E-state index contributed by atoms with van der Waals surface area (Å²) in [5.41, 5.74) is 0. The first-order valence-corrected chi connectivity index (χ1v) is 5.60. The average Bonchev–Trinajstić information content (AvgIpc) is 3.08. The van der Waals surface area contributed by atoms with Crippen LogP contribution >= 0.6 is 0 Å². The van der Waals surface area contributed by atoms with Crippen LogP contribution in [0.1, 0.15) is 19.3 Å². The summed E-state index contributed by atoms with van der Waals surface area (Å²) in [6.45, 7) is -1.47. The van der Waals surface area contributed by atoms with Crippen molar-refractivity contribution in [1.82, 2.24) is 10.6 Å². The zero-order chi connectivity index (χ0) is 13.8. The number of carbonyl (C=O) groups excluding carboxylic acids is 2. The highest BCUT2D eigenvalue weighted by Crippen LogP contribution is 2.33. The number of aliphatic hydroxyl groups excluding tert-OH is 1. The second-order valence-corrected chi connectivity index (χ2v) is 4.25. The van der Waals surface area contributed by atoms with Gasteiger partial charge in [0.15, 0.2) is 0 Å². The quantitative estimate of drug-likeness (QED) is 0.611. The van der Waals surface area contributed by atoms with Crippen LogP contribution in [-0.4, -0.2) is 42.3 Å². The monoisotopic (exact) mass is 268 g/mol. The van der Waals surface area contributed by atoms with E-state index in [1.165, 1.54) is 5.32 Å². The van der Waals surface area contributed by atoms with Gasteiger partial charge < -0.3 is 15.7 Å². The van der Waals surface area contributed by atoms with E-state index in [2.05, 4.69) is 5.32 Å². The van der Waals surface area contributed by atoms with Gasteiger partial charge >= 0.3 is 18.0 Å². The van der Waals surface area contributed by atoms with E-state index in [1.54, 1.807) is 0 Å². The van der Waals surface area contributed by atoms with Crippen molar-refractivity contribution in [2.45, 2.75) is 31.5 Å². The van der Waals surface area contributed by atoms with Gasteiger partial charge in [-0.1, -0.05) is 0 Å². The number of carbonyl (C=O) groups is 2. The van der Waals surface area contributed by atoms with Crippen LogP contribution < -0.4 is 10.6 Å². The Labute approximate surface area is 102 Å². The SMILES string of the molecule is O=C(NCC[C@H](O)C1CC1)C(=O)NCC(F)(F)F. The van der Waals surface area contributed by atoms with E-state index in [4.69, 9.17) is 0 Å². The van der Waals surface area contributed by atoms with Crippen LogP contribution in [0, 0.1) is 5.92 Å². The van der Waals surface area contributed by atoms with Gasteiger partial charge in [-0.25, -0.2) is 0 Å². The maximum atomic E-state index is 11.8. The zero-order valence-corrected chi connectivity index (χ0v) is 9.59. The molecule has 1 rings (SSSR count). The molecule has 0 unspecified atom stereocenters. The van der Waals surface area contributed by atoms with Crippen molar-refractivity contribution in [3.05, 3.63) is 0 Å². The van der Waals surface area contributed by atoms with Crippen LogP contribution in [0.4, 0.5) is 13.2 Å². The van der Waals surface area contributed by atoms with Gasteiger partial charge in [-0.2, -0.15) is 13.2 Å². The van der Waals surface area contributed by atoms with E-state index in [1.807, 2.05) is 0 Å². The Morgan fingerprint density at radius 1 is 1.22 bits per heavy atom. The summed E-state index contributed by atoms with van der Waals surface area (Å²) >= 11 is 0. The van der Waals surface area contributed by atoms with Crippen molar-refractivity contribution in [1.29, 1.82) is 0 Å². The van der Waals surface area contributed by atoms with Crippen molar-refractivity contribution >= 4 is 11.8 Å². The number of aliphatic hydroxyl groups is 1. The van der Waals surface area contributed by atoms with Crippen molar-refractivity contribution < 1.29 is 27.9 Å². The summed E-state index contributed by atoms with van der Waals surface area (Å²) in [5, 5.41) is 13.1. The fraction of sp³-hybridized carbons (Fsp3) is 0.800. The van der Waals surface area contributed by atoms with Crippen LogP contribution in [0.15, 0.2) is 0 Å². The number of hydrogen-bond donors (Lipinski definition) is 3. The normalized spacial score (nSPS) is 17.1. The van der Waals surface area contributed by atoms with Gasteiger partial charge in [0.05, 0.1) is 6.10 Å². The van der Waals surface area contributed by atoms with E-state index in [0.717, 1.165) is 12.8 Å². The molecule has 0 aliphatic heterocycles. The molecule has 104 valence electrons. The van der Waals surface area contributed by atoms with E-state index < -0.39 is 30.6 Å². The van der Waals surface area contributed by atoms with Crippen LogP contribution in [0.2, 0.25) is 0 Å². The van der Waals surface area contributed by atoms with Gasteiger partial charge in [0.2, 0.25) is 0 Å². The van der Waals surface area contributed by atoms with E-state index in [0.29, 0.717) is 6.42 Å². The molecule has 2 amide bonds. The smallest absolute Gasteiger partial charge is 0.393 e. The van der Waals surface area contributed by atoms with Gasteiger partial charge in [0.25, 0.3) is 0 Å². The highest BCUT2D eigenvalue weighted by molar-refractivity contribution is 6.35. The maximum Gasteiger partial charge on any atom is 0.405 e. The van der Waals surface area contributed by atoms with Gasteiger partial charge in [-0.05, 0) is 25.2 Å². The molecule has 0 aromatic heterocycles. The Kier molecular flexibility index (Phi) is 4.94. The average molecular weight is 268 g/mol. The third-order valence-electron chi connectivity index (χ3n) is 2.55. The van der Waals surface area contributed by atoms with Crippen LogP contribution in [0.25, 0.3) is 0 Å². The molecule has 5 nitrogen and oxygen atoms in total. The Hall–Kier alpha value is -1.31. The Morgan fingerprint density at radius 3 is 2.28 bits per heavy atom. The van der Waals surface area contributed by atoms with Crippen molar-refractivity contribution in [3.8, 4) is 0 Å². The topological polar surface area (TPSA) is 78.4 Å². The fourth-order valence-corrected chi connectivity index (χ4v) is 1.39. The molecule has 0 saturated heterocycles. The summed E-state index contributed by atoms with van der Waals surface area (Å²) in [6.07, 6.45) is -2.88. The minimum absolute atomic E-state index is 0.0654. The minimum Gasteiger partial charge on any atom is -0.393 e. The molecule has 0 aromatic carbocycles. The standard InChI is InChI=1S/C10H15F3N2O3/c11-10(12,13)5-15-9(18)8(17)14-4-3-7(16)6-1-2-6/h6-7,16H,1-5H2,(H,14,17)(H,15,18)/t7-/m0/s1. The fourth-order valence-electron chi connectivity index (χ4n) is 1.39. The molecule has 1 saturated carbocycles. The summed E-state index contributed by atoms with van der Waals surface area (Å²) in [7, 11) is 0. The second kappa shape index (κ2) is 6.03. The zero-order valence-electron chi connectivity index (χ0n) is 9.59. The van der Waals surface area contributed by atoms with Crippen molar-refractivity contribution in [2.24, 2.45) is 5.92 Å². The van der Waals surface area contributed by atoms with Crippen LogP contribution in [0.3, 0.4) is 0 Å². The van der Waals surface area contributed by atoms with Gasteiger partial charge in [-0.3, -0.25) is 9.59 Å². The number of alkyl halides is 3. The Morgan fingerprint density at radius 2 is 1.78 bits per heavy atom. The largest absolute Gasteiger partial charge is 0.405 e. The predicted octanol–water partition coefficient (Wildman–Crippen LogP) is -0.0579. The highest BCUT2D eigenvalue weighted by atomic mass is 19.4. The molecule has 0 radical (unpaired) electrons. The first kappa shape index (κ1) is 14.7. The molecule has 1 aliphatic rings. The lowest BCUT2D eigenvalue weighted by Gasteiger charge is -2.10. The number of hydrogen-bond acceptors (Lipinski definition) is 3. The summed E-state index contributed by atoms with van der Waals surface area (Å²) in [4.78, 5) is 22.0. The molecule has 1 atom stereocenters. The van der Waals surface area contributed by atoms with Crippen molar-refractivity contribution in [2.75, 3.05) is 13.1 Å². The summed E-state index contributed by atoms with van der Waals surface area (Å²) < 4.78 is 35.3. The minimum atomic E-state index is -4.54. The third kappa shape index (κ3) is 5.85. The molecule has 0 bridgehead atoms. The second-order valence-electron chi connectivity index (χ2n) is 4.25. The number of nitrogens with one attached hydrogen (secondary N) is 2. The lowest BCUT2D eigenvalue weighted by molar-refractivity contribution is -0.146. The molecule has 0 aromatic rings. The summed E-state index contributed by atoms with van der Waals surface area (Å²) in [6, 6.07) is 0. The first-order chi connectivity index (χ1) is 8.29. The number of amides is 2. The van der Waals surface area contributed by atoms with Gasteiger partial charge in [0, 0.05) is 6.54 Å². The van der Waals surface area contributed by atoms with E-state index >= 15 is 0 Å². The first-order valence-electron chi connectivity index (χ1n) is 5.60. The summed E-state index contributed by atoms with van der Waals surface area (Å²) in [5.74, 6) is -2.20. The predicted molar refractivity (Wildman–Crippen MR) is 55.4 cm³/mol. The molecule has 18 heavy (non-hydrogen) atoms. The molecule has 8 heteroatoms. The number of halogens is 3. The molecular formula is C10H15F3N2O3. The Bertz CT molecular complexity index is 316. The third-order valence-corrected chi connectivity index (χ3v) is 2.55. The van der Waals surface area contributed by atoms with Gasteiger partial charge in [0.1, 0.15) is 6.54 Å². The maximum absolute atomic E-state index is 11.8. The highest BCUT2D eigenvalue weighted by Gasteiger charge is 2.30. The molecule has 1 aliphatic carbocycles. The lowest BCUT2D eigenvalue weighted by Crippen LogP contribution is -2.44.